The predicted octanol–water partition coefficient (Wildman–Crippen LogP) is 2.59. The van der Waals surface area contributed by atoms with E-state index in [1.807, 2.05) is 12.1 Å². The summed E-state index contributed by atoms with van der Waals surface area (Å²) in [6, 6.07) is 5.45. The summed E-state index contributed by atoms with van der Waals surface area (Å²) in [7, 11) is 0. The molecule has 1 aliphatic rings. The summed E-state index contributed by atoms with van der Waals surface area (Å²) in [6.07, 6.45) is 6.50. The smallest absolute Gasteiger partial charge is 0.248 e. The number of nitrogens with one attached hydrogen (secondary N) is 1. The number of carbonyl (C=O) groups is 1. The van der Waals surface area contributed by atoms with Crippen LogP contribution >= 0.6 is 0 Å². The van der Waals surface area contributed by atoms with Crippen molar-refractivity contribution < 1.29 is 4.79 Å². The number of fused-ring (bicyclic) bond motifs is 3. The van der Waals surface area contributed by atoms with Crippen LogP contribution in [-0.2, 0) is 0 Å². The first kappa shape index (κ1) is 14.0. The Balaban J connectivity index is 1.94. The molecule has 118 valence electrons. The van der Waals surface area contributed by atoms with E-state index in [1.54, 1.807) is 12.4 Å². The van der Waals surface area contributed by atoms with Crippen molar-refractivity contribution in [3.05, 3.63) is 30.1 Å². The largest absolute Gasteiger partial charge is 0.366 e. The Hall–Kier alpha value is -2.63. The maximum Gasteiger partial charge on any atom is 0.248 e. The molecule has 0 radical (unpaired) electrons. The number of aromatic amines is 1. The van der Waals surface area contributed by atoms with E-state index in [2.05, 4.69) is 19.9 Å². The number of benzene rings is 1. The minimum absolute atomic E-state index is 0.422. The lowest BCUT2D eigenvalue weighted by Gasteiger charge is -2.21. The third kappa shape index (κ3) is 2.40. The van der Waals surface area contributed by atoms with Gasteiger partial charge in [-0.05, 0) is 31.0 Å². The van der Waals surface area contributed by atoms with Gasteiger partial charge in [0.25, 0.3) is 0 Å². The number of carbonyl (C=O) groups excluding carboxylic acids is 1. The van der Waals surface area contributed by atoms with Crippen LogP contribution in [0.15, 0.2) is 24.5 Å². The van der Waals surface area contributed by atoms with Gasteiger partial charge in [0.15, 0.2) is 0 Å². The Morgan fingerprint density at radius 1 is 1.13 bits per heavy atom. The Labute approximate surface area is 133 Å². The molecule has 23 heavy (non-hydrogen) atoms. The average Bonchev–Trinajstić information content (AvgIpc) is 2.73. The molecule has 3 N–H and O–H groups in total. The van der Waals surface area contributed by atoms with Crippen molar-refractivity contribution >= 4 is 33.7 Å². The maximum absolute atomic E-state index is 11.5. The van der Waals surface area contributed by atoms with Crippen LogP contribution in [0.2, 0.25) is 0 Å². The zero-order valence-electron chi connectivity index (χ0n) is 12.9. The number of hydrogen-bond donors (Lipinski definition) is 2. The van der Waals surface area contributed by atoms with Crippen molar-refractivity contribution in [2.24, 2.45) is 5.73 Å². The number of amides is 1. The third-order valence-electron chi connectivity index (χ3n) is 4.56. The fraction of sp³-hybridized carbons (Fsp3) is 0.353. The minimum atomic E-state index is -0.422. The first-order valence-electron chi connectivity index (χ1n) is 8.05. The molecule has 3 heterocycles. The van der Waals surface area contributed by atoms with Crippen LogP contribution in [0.25, 0.3) is 21.9 Å². The van der Waals surface area contributed by atoms with E-state index in [1.165, 1.54) is 25.7 Å². The molecule has 0 aliphatic carbocycles. The molecule has 4 rings (SSSR count). The topological polar surface area (TPSA) is 87.9 Å². The Morgan fingerprint density at radius 3 is 2.65 bits per heavy atom. The second kappa shape index (κ2) is 5.53. The zero-order chi connectivity index (χ0) is 15.8. The van der Waals surface area contributed by atoms with Gasteiger partial charge in [0.2, 0.25) is 5.91 Å². The molecule has 1 amide bonds. The summed E-state index contributed by atoms with van der Waals surface area (Å²) >= 11 is 0. The van der Waals surface area contributed by atoms with Crippen LogP contribution in [0.1, 0.15) is 36.0 Å². The zero-order valence-corrected chi connectivity index (χ0v) is 12.9. The molecule has 1 saturated heterocycles. The maximum atomic E-state index is 11.5. The number of aromatic nitrogens is 3. The van der Waals surface area contributed by atoms with Gasteiger partial charge in [-0.15, -0.1) is 0 Å². The highest BCUT2D eigenvalue weighted by molar-refractivity contribution is 6.13. The monoisotopic (exact) mass is 309 g/mol. The van der Waals surface area contributed by atoms with E-state index >= 15 is 0 Å². The van der Waals surface area contributed by atoms with Gasteiger partial charge in [0.05, 0.1) is 5.39 Å². The summed E-state index contributed by atoms with van der Waals surface area (Å²) in [4.78, 5) is 26.1. The van der Waals surface area contributed by atoms with Gasteiger partial charge in [0.1, 0.15) is 17.8 Å². The molecule has 0 unspecified atom stereocenters. The number of nitrogens with two attached hydrogens (primary N) is 1. The van der Waals surface area contributed by atoms with E-state index in [9.17, 15) is 4.79 Å². The Morgan fingerprint density at radius 2 is 1.91 bits per heavy atom. The summed E-state index contributed by atoms with van der Waals surface area (Å²) < 4.78 is 0. The summed E-state index contributed by atoms with van der Waals surface area (Å²) in [5.74, 6) is 0.527. The highest BCUT2D eigenvalue weighted by Gasteiger charge is 2.18. The molecule has 0 atom stereocenters. The summed E-state index contributed by atoms with van der Waals surface area (Å²) in [5.41, 5.74) is 7.68. The molecule has 1 aliphatic heterocycles. The molecule has 2 aromatic heterocycles. The van der Waals surface area contributed by atoms with E-state index in [0.29, 0.717) is 5.56 Å². The van der Waals surface area contributed by atoms with E-state index in [0.717, 1.165) is 40.8 Å². The van der Waals surface area contributed by atoms with Crippen molar-refractivity contribution in [3.63, 3.8) is 0 Å². The summed E-state index contributed by atoms with van der Waals surface area (Å²) in [5, 5.41) is 1.93. The second-order valence-corrected chi connectivity index (χ2v) is 6.07. The van der Waals surface area contributed by atoms with Crippen molar-refractivity contribution in [1.82, 2.24) is 15.0 Å². The molecule has 6 heteroatoms. The number of hydrogen-bond acceptors (Lipinski definition) is 4. The van der Waals surface area contributed by atoms with Crippen molar-refractivity contribution in [2.75, 3.05) is 18.0 Å². The van der Waals surface area contributed by atoms with E-state index in [-0.39, 0.29) is 0 Å². The van der Waals surface area contributed by atoms with Crippen molar-refractivity contribution in [2.45, 2.75) is 25.7 Å². The standard InChI is InChI=1S/C17H19N5O/c18-15(23)11-5-6-13-12(9-11)14-16(21-13)19-10-20-17(14)22-7-3-1-2-4-8-22/h5-6,9-10H,1-4,7-8H2,(H2,18,23)(H,19,20,21). The molecule has 0 saturated carbocycles. The van der Waals surface area contributed by atoms with Gasteiger partial charge in [0, 0.05) is 29.6 Å². The minimum Gasteiger partial charge on any atom is -0.366 e. The average molecular weight is 309 g/mol. The second-order valence-electron chi connectivity index (χ2n) is 6.07. The van der Waals surface area contributed by atoms with Gasteiger partial charge in [-0.2, -0.15) is 0 Å². The fourth-order valence-electron chi connectivity index (χ4n) is 3.38. The van der Waals surface area contributed by atoms with Gasteiger partial charge < -0.3 is 15.6 Å². The number of rotatable bonds is 2. The lowest BCUT2D eigenvalue weighted by Crippen LogP contribution is -2.25. The third-order valence-corrected chi connectivity index (χ3v) is 4.56. The van der Waals surface area contributed by atoms with Crippen molar-refractivity contribution in [3.8, 4) is 0 Å². The van der Waals surface area contributed by atoms with Gasteiger partial charge in [-0.25, -0.2) is 9.97 Å². The van der Waals surface area contributed by atoms with Crippen LogP contribution in [0.4, 0.5) is 5.82 Å². The number of anilines is 1. The van der Waals surface area contributed by atoms with Crippen LogP contribution in [0, 0.1) is 0 Å². The first-order chi connectivity index (χ1) is 11.2. The number of nitrogens with zero attached hydrogens (tertiary/aromatic N) is 3. The number of H-pyrrole nitrogens is 1. The Kier molecular flexibility index (Phi) is 3.37. The van der Waals surface area contributed by atoms with Gasteiger partial charge in [-0.1, -0.05) is 12.8 Å². The van der Waals surface area contributed by atoms with Gasteiger partial charge in [-0.3, -0.25) is 4.79 Å². The quantitative estimate of drug-likeness (QED) is 0.761. The summed E-state index contributed by atoms with van der Waals surface area (Å²) in [6.45, 7) is 2.02. The molecule has 3 aromatic rings. The number of primary amides is 1. The molecule has 0 spiro atoms. The predicted molar refractivity (Wildman–Crippen MR) is 90.6 cm³/mol. The van der Waals surface area contributed by atoms with Gasteiger partial charge >= 0.3 is 0 Å². The van der Waals surface area contributed by atoms with Crippen LogP contribution < -0.4 is 10.6 Å². The van der Waals surface area contributed by atoms with E-state index in [4.69, 9.17) is 5.73 Å². The molecule has 6 nitrogen and oxygen atoms in total. The van der Waals surface area contributed by atoms with Crippen LogP contribution in [-0.4, -0.2) is 33.9 Å². The van der Waals surface area contributed by atoms with Crippen molar-refractivity contribution in [1.29, 1.82) is 0 Å². The van der Waals surface area contributed by atoms with E-state index < -0.39 is 5.91 Å². The molecule has 1 fully saturated rings. The lowest BCUT2D eigenvalue weighted by atomic mass is 10.1. The SMILES string of the molecule is NC(=O)c1ccc2[nH]c3ncnc(N4CCCCCC4)c3c2c1. The first-order valence-corrected chi connectivity index (χ1v) is 8.05. The lowest BCUT2D eigenvalue weighted by molar-refractivity contribution is 0.100. The molecular formula is C17H19N5O. The highest BCUT2D eigenvalue weighted by Crippen LogP contribution is 2.32. The molecule has 1 aromatic carbocycles. The normalized spacial score (nSPS) is 15.9. The van der Waals surface area contributed by atoms with Crippen LogP contribution in [0.3, 0.4) is 0 Å². The Bertz CT molecular complexity index is 877. The highest BCUT2D eigenvalue weighted by atomic mass is 16.1. The fourth-order valence-corrected chi connectivity index (χ4v) is 3.38. The molecule has 0 bridgehead atoms. The van der Waals surface area contributed by atoms with Crippen LogP contribution in [0.5, 0.6) is 0 Å². The molecular weight excluding hydrogens is 290 g/mol.